The van der Waals surface area contributed by atoms with Crippen LogP contribution in [0, 0.1) is 6.92 Å². The minimum absolute atomic E-state index is 0.0741. The van der Waals surface area contributed by atoms with Gasteiger partial charge in [-0.2, -0.15) is 0 Å². The van der Waals surface area contributed by atoms with Crippen molar-refractivity contribution >= 4 is 5.91 Å². The molecule has 1 heterocycles. The van der Waals surface area contributed by atoms with Crippen molar-refractivity contribution in [2.75, 3.05) is 32.8 Å². The summed E-state index contributed by atoms with van der Waals surface area (Å²) in [4.78, 5) is 15.2. The van der Waals surface area contributed by atoms with E-state index >= 15 is 0 Å². The van der Waals surface area contributed by atoms with Gasteiger partial charge in [0.15, 0.2) is 0 Å². The second-order valence-electron chi connectivity index (χ2n) is 7.49. The van der Waals surface area contributed by atoms with Crippen LogP contribution < -0.4 is 11.1 Å². The van der Waals surface area contributed by atoms with Crippen LogP contribution in [0.4, 0.5) is 0 Å². The first kappa shape index (κ1) is 18.4. The van der Waals surface area contributed by atoms with Gasteiger partial charge in [0.05, 0.1) is 13.2 Å². The van der Waals surface area contributed by atoms with Crippen LogP contribution in [-0.2, 0) is 9.53 Å². The highest BCUT2D eigenvalue weighted by Crippen LogP contribution is 2.34. The number of benzene rings is 1. The van der Waals surface area contributed by atoms with Gasteiger partial charge in [-0.1, -0.05) is 49.1 Å². The Morgan fingerprint density at radius 2 is 1.84 bits per heavy atom. The highest BCUT2D eigenvalue weighted by atomic mass is 16.5. The third-order valence-electron chi connectivity index (χ3n) is 5.78. The topological polar surface area (TPSA) is 67.6 Å². The van der Waals surface area contributed by atoms with Crippen LogP contribution in [0.2, 0.25) is 0 Å². The Hall–Kier alpha value is -1.43. The molecule has 1 aromatic carbocycles. The number of amides is 1. The first-order valence-corrected chi connectivity index (χ1v) is 9.53. The number of hydrogen-bond acceptors (Lipinski definition) is 4. The maximum Gasteiger partial charge on any atom is 0.241 e. The number of morpholine rings is 1. The Balaban J connectivity index is 1.63. The fraction of sp³-hybridized carbons (Fsp3) is 0.650. The molecule has 1 amide bonds. The molecule has 5 heteroatoms. The van der Waals surface area contributed by atoms with E-state index in [2.05, 4.69) is 10.2 Å². The number of nitrogens with one attached hydrogen (secondary N) is 1. The van der Waals surface area contributed by atoms with Crippen LogP contribution in [0.5, 0.6) is 0 Å². The SMILES string of the molecule is Cc1ccc(C(N)C(=O)NCC2(N3CCOCC3)CCCCC2)cc1. The summed E-state index contributed by atoms with van der Waals surface area (Å²) >= 11 is 0. The van der Waals surface area contributed by atoms with Gasteiger partial charge >= 0.3 is 0 Å². The minimum Gasteiger partial charge on any atom is -0.379 e. The van der Waals surface area contributed by atoms with Crippen molar-refractivity contribution < 1.29 is 9.53 Å². The van der Waals surface area contributed by atoms with Crippen molar-refractivity contribution in [2.45, 2.75) is 50.6 Å². The van der Waals surface area contributed by atoms with Crippen LogP contribution in [0.25, 0.3) is 0 Å². The van der Waals surface area contributed by atoms with Crippen LogP contribution >= 0.6 is 0 Å². The Bertz CT molecular complexity index is 561. The summed E-state index contributed by atoms with van der Waals surface area (Å²) in [5.41, 5.74) is 8.29. The van der Waals surface area contributed by atoms with Gasteiger partial charge in [0.25, 0.3) is 0 Å². The predicted molar refractivity (Wildman–Crippen MR) is 99.3 cm³/mol. The Morgan fingerprint density at radius 1 is 1.20 bits per heavy atom. The molecule has 5 nitrogen and oxygen atoms in total. The molecule has 3 N–H and O–H groups in total. The lowest BCUT2D eigenvalue weighted by molar-refractivity contribution is -0.123. The van der Waals surface area contributed by atoms with Gasteiger partial charge in [-0.05, 0) is 25.3 Å². The summed E-state index contributed by atoms with van der Waals surface area (Å²) in [6.45, 7) is 6.22. The lowest BCUT2D eigenvalue weighted by atomic mass is 9.79. The number of nitrogens with two attached hydrogens (primary N) is 1. The average Bonchev–Trinajstić information content (AvgIpc) is 2.67. The summed E-state index contributed by atoms with van der Waals surface area (Å²) in [5, 5.41) is 3.16. The highest BCUT2D eigenvalue weighted by molar-refractivity contribution is 5.83. The average molecular weight is 345 g/mol. The Morgan fingerprint density at radius 3 is 2.48 bits per heavy atom. The van der Waals surface area contributed by atoms with E-state index in [1.807, 2.05) is 31.2 Å². The molecule has 138 valence electrons. The second kappa shape index (κ2) is 8.30. The molecule has 2 fully saturated rings. The van der Waals surface area contributed by atoms with Crippen LogP contribution in [0.3, 0.4) is 0 Å². The van der Waals surface area contributed by atoms with Gasteiger partial charge in [0, 0.05) is 25.2 Å². The fourth-order valence-corrected chi connectivity index (χ4v) is 4.14. The number of rotatable bonds is 5. The third-order valence-corrected chi connectivity index (χ3v) is 5.78. The van der Waals surface area contributed by atoms with E-state index in [0.29, 0.717) is 6.54 Å². The molecule has 25 heavy (non-hydrogen) atoms. The summed E-state index contributed by atoms with van der Waals surface area (Å²) in [5.74, 6) is -0.0814. The monoisotopic (exact) mass is 345 g/mol. The summed E-state index contributed by atoms with van der Waals surface area (Å²) < 4.78 is 5.52. The maximum absolute atomic E-state index is 12.6. The molecule has 1 saturated carbocycles. The molecule has 0 radical (unpaired) electrons. The molecule has 3 rings (SSSR count). The van der Waals surface area contributed by atoms with Crippen LogP contribution in [0.1, 0.15) is 49.3 Å². The largest absolute Gasteiger partial charge is 0.379 e. The van der Waals surface area contributed by atoms with Gasteiger partial charge < -0.3 is 15.8 Å². The van der Waals surface area contributed by atoms with Crippen molar-refractivity contribution in [1.29, 1.82) is 0 Å². The van der Waals surface area contributed by atoms with Gasteiger partial charge in [-0.25, -0.2) is 0 Å². The molecule has 0 aromatic heterocycles. The van der Waals surface area contributed by atoms with Gasteiger partial charge in [0.1, 0.15) is 6.04 Å². The van der Waals surface area contributed by atoms with E-state index in [9.17, 15) is 4.79 Å². The Kier molecular flexibility index (Phi) is 6.10. The maximum atomic E-state index is 12.6. The molecule has 1 atom stereocenters. The zero-order valence-electron chi connectivity index (χ0n) is 15.3. The second-order valence-corrected chi connectivity index (χ2v) is 7.49. The van der Waals surface area contributed by atoms with E-state index in [-0.39, 0.29) is 11.4 Å². The number of aryl methyl sites for hydroxylation is 1. The molecule has 2 aliphatic rings. The van der Waals surface area contributed by atoms with E-state index in [1.165, 1.54) is 24.8 Å². The van der Waals surface area contributed by atoms with Gasteiger partial charge in [-0.3, -0.25) is 9.69 Å². The van der Waals surface area contributed by atoms with E-state index < -0.39 is 6.04 Å². The van der Waals surface area contributed by atoms with E-state index in [0.717, 1.165) is 44.7 Å². The van der Waals surface area contributed by atoms with Crippen molar-refractivity contribution in [1.82, 2.24) is 10.2 Å². The smallest absolute Gasteiger partial charge is 0.241 e. The predicted octanol–water partition coefficient (Wildman–Crippen LogP) is 2.15. The quantitative estimate of drug-likeness (QED) is 0.858. The third kappa shape index (κ3) is 4.40. The van der Waals surface area contributed by atoms with E-state index in [1.54, 1.807) is 0 Å². The van der Waals surface area contributed by atoms with Crippen molar-refractivity contribution in [3.05, 3.63) is 35.4 Å². The molecule has 0 spiro atoms. The Labute approximate surface area is 150 Å². The van der Waals surface area contributed by atoms with Gasteiger partial charge in [-0.15, -0.1) is 0 Å². The van der Waals surface area contributed by atoms with Crippen LogP contribution in [0.15, 0.2) is 24.3 Å². The molecule has 1 saturated heterocycles. The molecule has 1 aliphatic heterocycles. The number of carbonyl (C=O) groups is 1. The number of carbonyl (C=O) groups excluding carboxylic acids is 1. The minimum atomic E-state index is -0.606. The summed E-state index contributed by atoms with van der Waals surface area (Å²) in [6, 6.07) is 7.28. The van der Waals surface area contributed by atoms with Crippen molar-refractivity contribution in [2.24, 2.45) is 5.73 Å². The van der Waals surface area contributed by atoms with E-state index in [4.69, 9.17) is 10.5 Å². The molecular formula is C20H31N3O2. The molecule has 1 unspecified atom stereocenters. The van der Waals surface area contributed by atoms with Crippen LogP contribution in [-0.4, -0.2) is 49.2 Å². The standard InChI is InChI=1S/C20H31N3O2/c1-16-5-7-17(8-6-16)18(21)19(24)22-15-20(9-3-2-4-10-20)23-11-13-25-14-12-23/h5-8,18H,2-4,9-15,21H2,1H3,(H,22,24). The van der Waals surface area contributed by atoms with Gasteiger partial charge in [0.2, 0.25) is 5.91 Å². The number of nitrogens with zero attached hydrogens (tertiary/aromatic N) is 1. The normalized spacial score (nSPS) is 22.3. The lowest BCUT2D eigenvalue weighted by Crippen LogP contribution is -2.60. The molecule has 0 bridgehead atoms. The zero-order chi connectivity index (χ0) is 17.7. The fourth-order valence-electron chi connectivity index (χ4n) is 4.14. The summed E-state index contributed by atoms with van der Waals surface area (Å²) in [7, 11) is 0. The van der Waals surface area contributed by atoms with Crippen molar-refractivity contribution in [3.8, 4) is 0 Å². The zero-order valence-corrected chi connectivity index (χ0v) is 15.3. The lowest BCUT2D eigenvalue weighted by Gasteiger charge is -2.48. The summed E-state index contributed by atoms with van der Waals surface area (Å²) in [6.07, 6.45) is 6.05. The molecule has 1 aromatic rings. The van der Waals surface area contributed by atoms with Crippen molar-refractivity contribution in [3.63, 3.8) is 0 Å². The first-order valence-electron chi connectivity index (χ1n) is 9.53. The number of ether oxygens (including phenoxy) is 1. The highest BCUT2D eigenvalue weighted by Gasteiger charge is 2.39. The molecule has 1 aliphatic carbocycles. The first-order chi connectivity index (χ1) is 12.1. The number of hydrogen-bond donors (Lipinski definition) is 2. The molecular weight excluding hydrogens is 314 g/mol.